The SMILES string of the molecule is CC(C)c1nnc(-c2c(N)ncnc2N[C@@H](C)c2nc3cccc(Cl)c3c(=O)n2-c2ccccc2)o1. The van der Waals surface area contributed by atoms with Crippen LogP contribution in [-0.2, 0) is 0 Å². The van der Waals surface area contributed by atoms with Crippen molar-refractivity contribution in [2.45, 2.75) is 32.7 Å². The molecule has 3 heterocycles. The minimum atomic E-state index is -0.498. The molecule has 0 spiro atoms. The van der Waals surface area contributed by atoms with Crippen molar-refractivity contribution in [2.24, 2.45) is 0 Å². The van der Waals surface area contributed by atoms with Gasteiger partial charge in [0.1, 0.15) is 29.4 Å². The van der Waals surface area contributed by atoms with Gasteiger partial charge in [0, 0.05) is 5.92 Å². The van der Waals surface area contributed by atoms with Crippen LogP contribution in [0.1, 0.15) is 44.4 Å². The average Bonchev–Trinajstić information content (AvgIpc) is 3.34. The van der Waals surface area contributed by atoms with Crippen molar-refractivity contribution in [3.8, 4) is 17.1 Å². The van der Waals surface area contributed by atoms with Gasteiger partial charge in [-0.05, 0) is 31.2 Å². The summed E-state index contributed by atoms with van der Waals surface area (Å²) in [5.41, 5.74) is 7.43. The van der Waals surface area contributed by atoms with Gasteiger partial charge in [-0.1, -0.05) is 49.7 Å². The Morgan fingerprint density at radius 3 is 2.53 bits per heavy atom. The summed E-state index contributed by atoms with van der Waals surface area (Å²) in [6.07, 6.45) is 1.34. The van der Waals surface area contributed by atoms with Crippen molar-refractivity contribution in [3.05, 3.63) is 81.9 Å². The van der Waals surface area contributed by atoms with Crippen molar-refractivity contribution < 1.29 is 4.42 Å². The lowest BCUT2D eigenvalue weighted by atomic mass is 10.2. The monoisotopic (exact) mass is 502 g/mol. The van der Waals surface area contributed by atoms with Crippen molar-refractivity contribution >= 4 is 34.1 Å². The average molecular weight is 503 g/mol. The molecule has 36 heavy (non-hydrogen) atoms. The fourth-order valence-electron chi connectivity index (χ4n) is 3.88. The van der Waals surface area contributed by atoms with Gasteiger partial charge in [-0.15, -0.1) is 10.2 Å². The highest BCUT2D eigenvalue weighted by Crippen LogP contribution is 2.33. The zero-order chi connectivity index (χ0) is 25.4. The summed E-state index contributed by atoms with van der Waals surface area (Å²) in [6, 6.07) is 14.0. The van der Waals surface area contributed by atoms with Gasteiger partial charge in [0.2, 0.25) is 5.89 Å². The first-order valence-corrected chi connectivity index (χ1v) is 11.7. The summed E-state index contributed by atoms with van der Waals surface area (Å²) in [6.45, 7) is 5.76. The predicted octanol–water partition coefficient (Wildman–Crippen LogP) is 4.76. The highest BCUT2D eigenvalue weighted by atomic mass is 35.5. The minimum absolute atomic E-state index is 0.0429. The minimum Gasteiger partial charge on any atom is -0.420 e. The zero-order valence-electron chi connectivity index (χ0n) is 19.8. The van der Waals surface area contributed by atoms with Crippen LogP contribution in [0.5, 0.6) is 0 Å². The molecule has 0 saturated heterocycles. The molecule has 0 aliphatic heterocycles. The maximum atomic E-state index is 13.7. The summed E-state index contributed by atoms with van der Waals surface area (Å²) in [5, 5.41) is 12.2. The Balaban J connectivity index is 1.65. The van der Waals surface area contributed by atoms with E-state index in [0.29, 0.717) is 44.7 Å². The molecule has 182 valence electrons. The highest BCUT2D eigenvalue weighted by molar-refractivity contribution is 6.35. The number of aromatic nitrogens is 6. The number of anilines is 2. The Bertz CT molecular complexity index is 1610. The van der Waals surface area contributed by atoms with Crippen LogP contribution in [0, 0.1) is 0 Å². The van der Waals surface area contributed by atoms with Crippen LogP contribution in [-0.4, -0.2) is 29.7 Å². The summed E-state index contributed by atoms with van der Waals surface area (Å²) in [4.78, 5) is 26.9. The van der Waals surface area contributed by atoms with Gasteiger partial charge in [-0.2, -0.15) is 0 Å². The number of nitrogens with zero attached hydrogens (tertiary/aromatic N) is 6. The molecule has 10 nitrogen and oxygen atoms in total. The number of nitrogens with one attached hydrogen (secondary N) is 1. The molecular weight excluding hydrogens is 480 g/mol. The second-order valence-electron chi connectivity index (χ2n) is 8.53. The number of benzene rings is 2. The number of nitrogens with two attached hydrogens (primary N) is 1. The topological polar surface area (TPSA) is 138 Å². The van der Waals surface area contributed by atoms with E-state index in [1.54, 1.807) is 22.8 Å². The Labute approximate surface area is 211 Å². The molecule has 1 atom stereocenters. The Morgan fingerprint density at radius 2 is 1.81 bits per heavy atom. The molecule has 2 aromatic carbocycles. The van der Waals surface area contributed by atoms with E-state index in [2.05, 4.69) is 25.5 Å². The maximum absolute atomic E-state index is 13.7. The molecule has 5 aromatic rings. The van der Waals surface area contributed by atoms with Crippen LogP contribution in [0.3, 0.4) is 0 Å². The van der Waals surface area contributed by atoms with Crippen LogP contribution in [0.25, 0.3) is 28.0 Å². The van der Waals surface area contributed by atoms with Gasteiger partial charge >= 0.3 is 0 Å². The van der Waals surface area contributed by atoms with E-state index < -0.39 is 6.04 Å². The predicted molar refractivity (Wildman–Crippen MR) is 138 cm³/mol. The molecule has 0 radical (unpaired) electrons. The first-order valence-electron chi connectivity index (χ1n) is 11.3. The highest BCUT2D eigenvalue weighted by Gasteiger charge is 2.24. The Kier molecular flexibility index (Phi) is 6.11. The molecule has 0 amide bonds. The summed E-state index contributed by atoms with van der Waals surface area (Å²) in [7, 11) is 0. The first-order chi connectivity index (χ1) is 17.3. The number of para-hydroxylation sites is 1. The van der Waals surface area contributed by atoms with E-state index in [0.717, 1.165) is 0 Å². The number of hydrogen-bond donors (Lipinski definition) is 2. The molecule has 3 N–H and O–H groups in total. The van der Waals surface area contributed by atoms with Crippen molar-refractivity contribution in [2.75, 3.05) is 11.1 Å². The third-order valence-corrected chi connectivity index (χ3v) is 5.97. The Hall–Kier alpha value is -4.31. The second kappa shape index (κ2) is 9.38. The quantitative estimate of drug-likeness (QED) is 0.336. The third-order valence-electron chi connectivity index (χ3n) is 5.65. The molecule has 0 bridgehead atoms. The van der Waals surface area contributed by atoms with Gasteiger partial charge in [0.25, 0.3) is 11.4 Å². The molecule has 0 saturated carbocycles. The van der Waals surface area contributed by atoms with Gasteiger partial charge < -0.3 is 15.5 Å². The number of hydrogen-bond acceptors (Lipinski definition) is 9. The maximum Gasteiger partial charge on any atom is 0.267 e. The van der Waals surface area contributed by atoms with Crippen molar-refractivity contribution in [1.82, 2.24) is 29.7 Å². The fourth-order valence-corrected chi connectivity index (χ4v) is 4.13. The van der Waals surface area contributed by atoms with Crippen LogP contribution in [0.15, 0.2) is 64.1 Å². The lowest BCUT2D eigenvalue weighted by Crippen LogP contribution is -2.27. The van der Waals surface area contributed by atoms with Crippen LogP contribution >= 0.6 is 11.6 Å². The van der Waals surface area contributed by atoms with E-state index in [1.165, 1.54) is 6.33 Å². The normalized spacial score (nSPS) is 12.2. The van der Waals surface area contributed by atoms with E-state index in [-0.39, 0.29) is 23.2 Å². The molecule has 0 fully saturated rings. The smallest absolute Gasteiger partial charge is 0.267 e. The largest absolute Gasteiger partial charge is 0.420 e. The van der Waals surface area contributed by atoms with E-state index in [4.69, 9.17) is 26.7 Å². The lowest BCUT2D eigenvalue weighted by Gasteiger charge is -2.21. The van der Waals surface area contributed by atoms with Crippen molar-refractivity contribution in [3.63, 3.8) is 0 Å². The van der Waals surface area contributed by atoms with Crippen LogP contribution < -0.4 is 16.6 Å². The van der Waals surface area contributed by atoms with Gasteiger partial charge in [-0.3, -0.25) is 9.36 Å². The lowest BCUT2D eigenvalue weighted by molar-refractivity contribution is 0.481. The number of fused-ring (bicyclic) bond motifs is 1. The van der Waals surface area contributed by atoms with E-state index >= 15 is 0 Å². The fraction of sp³-hybridized carbons (Fsp3) is 0.200. The number of rotatable bonds is 6. The third kappa shape index (κ3) is 4.16. The van der Waals surface area contributed by atoms with E-state index in [1.807, 2.05) is 51.1 Å². The second-order valence-corrected chi connectivity index (χ2v) is 8.94. The van der Waals surface area contributed by atoms with Gasteiger partial charge in [-0.25, -0.2) is 15.0 Å². The van der Waals surface area contributed by atoms with Crippen LogP contribution in [0.4, 0.5) is 11.6 Å². The molecule has 0 aliphatic carbocycles. The summed E-state index contributed by atoms with van der Waals surface area (Å²) in [5.74, 6) is 1.72. The standard InChI is InChI=1S/C25H23ClN8O2/c1-13(2)23-32-33-24(36-23)19-20(27)28-12-29-21(19)30-14(3)22-31-17-11-7-10-16(26)18(17)25(35)34(22)15-8-5-4-6-9-15/h4-14H,1-3H3,(H3,27,28,29,30)/t14-/m0/s1. The van der Waals surface area contributed by atoms with Gasteiger partial charge in [0.15, 0.2) is 0 Å². The van der Waals surface area contributed by atoms with Crippen LogP contribution in [0.2, 0.25) is 5.02 Å². The molecule has 3 aromatic heterocycles. The number of halogens is 1. The molecule has 0 unspecified atom stereocenters. The Morgan fingerprint density at radius 1 is 1.03 bits per heavy atom. The summed E-state index contributed by atoms with van der Waals surface area (Å²) >= 11 is 6.39. The molecular formula is C25H23ClN8O2. The van der Waals surface area contributed by atoms with Crippen molar-refractivity contribution in [1.29, 1.82) is 0 Å². The number of nitrogen functional groups attached to an aromatic ring is 1. The van der Waals surface area contributed by atoms with Gasteiger partial charge in [0.05, 0.1) is 27.7 Å². The summed E-state index contributed by atoms with van der Waals surface area (Å²) < 4.78 is 7.36. The van der Waals surface area contributed by atoms with E-state index in [9.17, 15) is 4.79 Å². The first kappa shape index (κ1) is 23.4. The molecule has 5 rings (SSSR count). The molecule has 11 heteroatoms. The zero-order valence-corrected chi connectivity index (χ0v) is 20.6. The molecule has 0 aliphatic rings.